The first-order chi connectivity index (χ1) is 13.5. The third-order valence-corrected chi connectivity index (χ3v) is 11.7. The Morgan fingerprint density at radius 2 is 1.68 bits per heavy atom. The molecule has 0 aromatic heterocycles. The van der Waals surface area contributed by atoms with Gasteiger partial charge in [0.25, 0.3) is 0 Å². The van der Waals surface area contributed by atoms with Crippen LogP contribution < -0.4 is 5.19 Å². The summed E-state index contributed by atoms with van der Waals surface area (Å²) in [5, 5.41) is 10.5. The molecule has 2 nitrogen and oxygen atoms in total. The molecule has 5 heteroatoms. The Bertz CT molecular complexity index is 792. The number of halogens is 2. The smallest absolute Gasteiger partial charge is 0.341 e. The summed E-state index contributed by atoms with van der Waals surface area (Å²) in [5.41, 5.74) is -0.253. The molecule has 1 heterocycles. The molecule has 1 saturated heterocycles. The lowest BCUT2D eigenvalue weighted by Crippen LogP contribution is -2.49. The molecule has 0 atom stereocenters. The molecule has 1 aliphatic heterocycles. The monoisotopic (exact) mass is 402 g/mol. The molecule has 0 amide bonds. The minimum atomic E-state index is -1.61. The van der Waals surface area contributed by atoms with Crippen LogP contribution in [0.4, 0.5) is 8.78 Å². The van der Waals surface area contributed by atoms with Crippen molar-refractivity contribution in [2.24, 2.45) is 0 Å². The first-order valence-corrected chi connectivity index (χ1v) is 12.9. The zero-order valence-electron chi connectivity index (χ0n) is 16.4. The Kier molecular flexibility index (Phi) is 6.65. The van der Waals surface area contributed by atoms with Gasteiger partial charge in [0.15, 0.2) is 0 Å². The SMILES string of the molecule is CCCCC[Si@]1(c2ccccc2)CC[C@@H](c2cc(F)c(C(=O)O)c(F)c2)CC1. The minimum Gasteiger partial charge on any atom is -0.477 e. The summed E-state index contributed by atoms with van der Waals surface area (Å²) in [5.74, 6) is -3.40. The summed E-state index contributed by atoms with van der Waals surface area (Å²) in [7, 11) is -1.61. The van der Waals surface area contributed by atoms with Gasteiger partial charge in [-0.1, -0.05) is 79.8 Å². The first-order valence-electron chi connectivity index (χ1n) is 10.2. The van der Waals surface area contributed by atoms with Crippen LogP contribution in [0.15, 0.2) is 42.5 Å². The van der Waals surface area contributed by atoms with Crippen molar-refractivity contribution in [3.8, 4) is 0 Å². The number of rotatable bonds is 7. The fourth-order valence-electron chi connectivity index (χ4n) is 4.72. The summed E-state index contributed by atoms with van der Waals surface area (Å²) >= 11 is 0. The molecule has 150 valence electrons. The van der Waals surface area contributed by atoms with Crippen LogP contribution in [0, 0.1) is 11.6 Å². The lowest BCUT2D eigenvalue weighted by Gasteiger charge is -2.39. The maximum absolute atomic E-state index is 14.1. The van der Waals surface area contributed by atoms with E-state index < -0.39 is 31.2 Å². The van der Waals surface area contributed by atoms with Gasteiger partial charge in [0.05, 0.1) is 8.07 Å². The van der Waals surface area contributed by atoms with Crippen molar-refractivity contribution in [3.05, 3.63) is 65.2 Å². The fourth-order valence-corrected chi connectivity index (χ4v) is 9.97. The number of carboxylic acid groups (broad SMARTS) is 1. The molecule has 0 unspecified atom stereocenters. The summed E-state index contributed by atoms with van der Waals surface area (Å²) < 4.78 is 28.3. The van der Waals surface area contributed by atoms with E-state index in [2.05, 4.69) is 37.3 Å². The summed E-state index contributed by atoms with van der Waals surface area (Å²) in [6, 6.07) is 16.8. The van der Waals surface area contributed by atoms with E-state index in [0.717, 1.165) is 24.9 Å². The van der Waals surface area contributed by atoms with E-state index in [1.807, 2.05) is 0 Å². The molecular formula is C23H28F2O2Si. The summed E-state index contributed by atoms with van der Waals surface area (Å²) in [6.07, 6.45) is 5.53. The van der Waals surface area contributed by atoms with Gasteiger partial charge in [0.1, 0.15) is 17.2 Å². The molecule has 28 heavy (non-hydrogen) atoms. The van der Waals surface area contributed by atoms with E-state index >= 15 is 0 Å². The Morgan fingerprint density at radius 1 is 1.07 bits per heavy atom. The Labute approximate surface area is 166 Å². The van der Waals surface area contributed by atoms with Gasteiger partial charge in [-0.2, -0.15) is 0 Å². The van der Waals surface area contributed by atoms with Crippen LogP contribution >= 0.6 is 0 Å². The van der Waals surface area contributed by atoms with Crippen LogP contribution in [-0.2, 0) is 0 Å². The molecule has 0 aliphatic carbocycles. The zero-order valence-corrected chi connectivity index (χ0v) is 17.4. The van der Waals surface area contributed by atoms with E-state index in [0.29, 0.717) is 5.56 Å². The van der Waals surface area contributed by atoms with Gasteiger partial charge >= 0.3 is 5.97 Å². The normalized spacial score (nSPS) is 22.2. The van der Waals surface area contributed by atoms with Crippen molar-refractivity contribution in [2.45, 2.75) is 63.1 Å². The van der Waals surface area contributed by atoms with Crippen LogP contribution in [-0.4, -0.2) is 19.1 Å². The second-order valence-electron chi connectivity index (χ2n) is 8.04. The summed E-state index contributed by atoms with van der Waals surface area (Å²) in [6.45, 7) is 2.22. The standard InChI is InChI=1S/C23H28F2O2Si/c1-2-3-7-12-28(19-8-5-4-6-9-19)13-10-17(11-14-28)18-15-20(24)22(23(26)27)21(25)16-18/h4-6,8-9,15-17H,2-3,7,10-14H2,1H3,(H,26,27)/t17-,28+. The molecule has 3 rings (SSSR count). The van der Waals surface area contributed by atoms with Crippen molar-refractivity contribution >= 4 is 19.2 Å². The van der Waals surface area contributed by atoms with Crippen LogP contribution in [0.1, 0.15) is 60.9 Å². The molecule has 2 aromatic rings. The zero-order chi connectivity index (χ0) is 20.1. The van der Waals surface area contributed by atoms with Gasteiger partial charge in [-0.05, 0) is 36.5 Å². The molecule has 1 aliphatic rings. The average molecular weight is 403 g/mol. The van der Waals surface area contributed by atoms with Gasteiger partial charge < -0.3 is 5.11 Å². The number of carboxylic acids is 1. The maximum atomic E-state index is 14.1. The maximum Gasteiger partial charge on any atom is 0.341 e. The number of unbranched alkanes of at least 4 members (excludes halogenated alkanes) is 2. The minimum absolute atomic E-state index is 0.0994. The average Bonchev–Trinajstić information content (AvgIpc) is 2.68. The van der Waals surface area contributed by atoms with E-state index in [-0.39, 0.29) is 5.92 Å². The Balaban J connectivity index is 1.80. The third kappa shape index (κ3) is 4.35. The third-order valence-electron chi connectivity index (χ3n) is 6.34. The van der Waals surface area contributed by atoms with E-state index in [1.54, 1.807) is 0 Å². The van der Waals surface area contributed by atoms with Crippen molar-refractivity contribution in [1.82, 2.24) is 0 Å². The fraction of sp³-hybridized carbons (Fsp3) is 0.435. The Hall–Kier alpha value is -2.01. The van der Waals surface area contributed by atoms with Crippen molar-refractivity contribution < 1.29 is 18.7 Å². The van der Waals surface area contributed by atoms with Crippen LogP contribution in [0.2, 0.25) is 18.1 Å². The van der Waals surface area contributed by atoms with Gasteiger partial charge in [-0.15, -0.1) is 0 Å². The highest BCUT2D eigenvalue weighted by atomic mass is 28.3. The highest BCUT2D eigenvalue weighted by Crippen LogP contribution is 2.41. The van der Waals surface area contributed by atoms with Gasteiger partial charge in [-0.3, -0.25) is 0 Å². The van der Waals surface area contributed by atoms with Gasteiger partial charge in [0, 0.05) is 0 Å². The first kappa shape index (κ1) is 20.7. The predicted octanol–water partition coefficient (Wildman–Crippen LogP) is 6.09. The van der Waals surface area contributed by atoms with E-state index in [1.165, 1.54) is 42.6 Å². The quantitative estimate of drug-likeness (QED) is 0.450. The molecule has 2 aromatic carbocycles. The Morgan fingerprint density at radius 3 is 2.21 bits per heavy atom. The van der Waals surface area contributed by atoms with E-state index in [4.69, 9.17) is 5.11 Å². The lowest BCUT2D eigenvalue weighted by molar-refractivity contribution is 0.0686. The molecular weight excluding hydrogens is 374 g/mol. The summed E-state index contributed by atoms with van der Waals surface area (Å²) in [4.78, 5) is 11.0. The van der Waals surface area contributed by atoms with Crippen LogP contribution in [0.3, 0.4) is 0 Å². The number of benzene rings is 2. The molecule has 1 fully saturated rings. The molecule has 0 radical (unpaired) electrons. The second kappa shape index (κ2) is 8.99. The highest BCUT2D eigenvalue weighted by Gasteiger charge is 2.39. The van der Waals surface area contributed by atoms with Crippen molar-refractivity contribution in [2.75, 3.05) is 0 Å². The number of hydrogen-bond acceptors (Lipinski definition) is 1. The molecule has 0 bridgehead atoms. The van der Waals surface area contributed by atoms with Crippen molar-refractivity contribution in [3.63, 3.8) is 0 Å². The van der Waals surface area contributed by atoms with Crippen LogP contribution in [0.25, 0.3) is 0 Å². The second-order valence-corrected chi connectivity index (χ2v) is 12.7. The van der Waals surface area contributed by atoms with E-state index in [9.17, 15) is 13.6 Å². The number of aromatic carboxylic acids is 1. The van der Waals surface area contributed by atoms with Gasteiger partial charge in [-0.25, -0.2) is 13.6 Å². The lowest BCUT2D eigenvalue weighted by atomic mass is 9.92. The molecule has 0 spiro atoms. The highest BCUT2D eigenvalue weighted by molar-refractivity contribution is 6.92. The molecule has 1 N–H and O–H groups in total. The number of hydrogen-bond donors (Lipinski definition) is 1. The van der Waals surface area contributed by atoms with Gasteiger partial charge in [0.2, 0.25) is 0 Å². The predicted molar refractivity (Wildman–Crippen MR) is 111 cm³/mol. The molecule has 0 saturated carbocycles. The van der Waals surface area contributed by atoms with Crippen molar-refractivity contribution in [1.29, 1.82) is 0 Å². The number of carbonyl (C=O) groups is 1. The topological polar surface area (TPSA) is 37.3 Å². The largest absolute Gasteiger partial charge is 0.477 e. The van der Waals surface area contributed by atoms with Crippen LogP contribution in [0.5, 0.6) is 0 Å².